The number of aromatic amines is 1. The second kappa shape index (κ2) is 5.07. The molecule has 2 heterocycles. The third-order valence-corrected chi connectivity index (χ3v) is 4.08. The van der Waals surface area contributed by atoms with Gasteiger partial charge in [0.2, 0.25) is 0 Å². The van der Waals surface area contributed by atoms with E-state index in [0.29, 0.717) is 0 Å². The zero-order valence-corrected chi connectivity index (χ0v) is 12.3. The van der Waals surface area contributed by atoms with Crippen LogP contribution in [0.3, 0.4) is 0 Å². The molecule has 1 fully saturated rings. The first-order valence-corrected chi connectivity index (χ1v) is 7.17. The highest BCUT2D eigenvalue weighted by Crippen LogP contribution is 2.20. The third kappa shape index (κ3) is 2.59. The number of hydrogen-bond donors (Lipinski definition) is 2. The van der Waals surface area contributed by atoms with Gasteiger partial charge in [-0.3, -0.25) is 4.79 Å². The minimum atomic E-state index is -0.0242. The van der Waals surface area contributed by atoms with Gasteiger partial charge in [0, 0.05) is 35.2 Å². The summed E-state index contributed by atoms with van der Waals surface area (Å²) in [6.07, 6.45) is 0. The molecule has 4 nitrogen and oxygen atoms in total. The number of nitrogens with zero attached hydrogens (tertiary/aromatic N) is 1. The number of nitrogens with one attached hydrogen (secondary N) is 2. The summed E-state index contributed by atoms with van der Waals surface area (Å²) in [6.45, 7) is 2.90. The Morgan fingerprint density at radius 3 is 3.00 bits per heavy atom. The van der Waals surface area contributed by atoms with Gasteiger partial charge in [-0.1, -0.05) is 22.0 Å². The van der Waals surface area contributed by atoms with Gasteiger partial charge in [0.15, 0.2) is 0 Å². The molecular formula is C14H16BrN3O. The molecule has 2 N–H and O–H groups in total. The topological polar surface area (TPSA) is 48.1 Å². The summed E-state index contributed by atoms with van der Waals surface area (Å²) in [5.74, 6) is 0. The molecule has 0 spiro atoms. The largest absolute Gasteiger partial charge is 0.324 e. The predicted molar refractivity (Wildman–Crippen MR) is 80.5 cm³/mol. The first kappa shape index (κ1) is 12.8. The van der Waals surface area contributed by atoms with Gasteiger partial charge >= 0.3 is 0 Å². The van der Waals surface area contributed by atoms with E-state index in [2.05, 4.69) is 44.2 Å². The molecule has 1 unspecified atom stereocenters. The van der Waals surface area contributed by atoms with E-state index in [0.717, 1.165) is 40.6 Å². The zero-order valence-electron chi connectivity index (χ0n) is 10.7. The summed E-state index contributed by atoms with van der Waals surface area (Å²) in [6, 6.07) is 8.06. The maximum Gasteiger partial charge on any atom is 0.256 e. The summed E-state index contributed by atoms with van der Waals surface area (Å²) in [5, 5.41) is 5.16. The highest BCUT2D eigenvalue weighted by Gasteiger charge is 2.19. The van der Waals surface area contributed by atoms with Crippen molar-refractivity contribution in [3.63, 3.8) is 0 Å². The number of H-pyrrole nitrogens is 1. The van der Waals surface area contributed by atoms with E-state index in [-0.39, 0.29) is 11.6 Å². The number of likely N-dealkylation sites (N-methyl/N-ethyl adjacent to an activating group) is 1. The molecule has 1 aromatic carbocycles. The van der Waals surface area contributed by atoms with Crippen molar-refractivity contribution in [3.8, 4) is 0 Å². The van der Waals surface area contributed by atoms with Gasteiger partial charge in [-0.15, -0.1) is 0 Å². The van der Waals surface area contributed by atoms with Crippen molar-refractivity contribution in [2.45, 2.75) is 6.04 Å². The van der Waals surface area contributed by atoms with Crippen molar-refractivity contribution < 1.29 is 0 Å². The van der Waals surface area contributed by atoms with Gasteiger partial charge in [-0.25, -0.2) is 0 Å². The van der Waals surface area contributed by atoms with Crippen LogP contribution in [0.1, 0.15) is 11.7 Å². The molecule has 0 saturated carbocycles. The average molecular weight is 322 g/mol. The molecule has 1 aromatic heterocycles. The second-order valence-corrected chi connectivity index (χ2v) is 5.97. The number of rotatable bonds is 1. The molecule has 5 heteroatoms. The molecule has 19 heavy (non-hydrogen) atoms. The fraction of sp³-hybridized carbons (Fsp3) is 0.357. The Labute approximate surface area is 119 Å². The number of aromatic nitrogens is 1. The fourth-order valence-electron chi connectivity index (χ4n) is 2.55. The van der Waals surface area contributed by atoms with E-state index in [1.54, 1.807) is 0 Å². The lowest BCUT2D eigenvalue weighted by molar-refractivity contribution is 0.238. The van der Waals surface area contributed by atoms with E-state index < -0.39 is 0 Å². The number of piperazine rings is 1. The van der Waals surface area contributed by atoms with E-state index in [4.69, 9.17) is 0 Å². The number of halogens is 1. The molecule has 0 aliphatic carbocycles. The molecule has 1 aliphatic rings. The van der Waals surface area contributed by atoms with Crippen molar-refractivity contribution in [1.82, 2.24) is 15.2 Å². The number of benzene rings is 1. The summed E-state index contributed by atoms with van der Waals surface area (Å²) >= 11 is 3.40. The van der Waals surface area contributed by atoms with Gasteiger partial charge < -0.3 is 15.2 Å². The quantitative estimate of drug-likeness (QED) is 0.843. The standard InChI is InChI=1S/C14H16BrN3O/c1-18-5-4-16-13(8-18)12-6-9-2-3-10(15)7-11(9)14(19)17-12/h2-3,6-7,13,16H,4-5,8H2,1H3,(H,17,19). The average Bonchev–Trinajstić information content (AvgIpc) is 2.39. The zero-order chi connectivity index (χ0) is 13.4. The Morgan fingerprint density at radius 1 is 1.37 bits per heavy atom. The van der Waals surface area contributed by atoms with Gasteiger partial charge in [0.05, 0.1) is 6.04 Å². The highest BCUT2D eigenvalue weighted by molar-refractivity contribution is 9.10. The summed E-state index contributed by atoms with van der Waals surface area (Å²) < 4.78 is 0.925. The smallest absolute Gasteiger partial charge is 0.256 e. The highest BCUT2D eigenvalue weighted by atomic mass is 79.9. The van der Waals surface area contributed by atoms with Crippen LogP contribution in [0.25, 0.3) is 10.8 Å². The monoisotopic (exact) mass is 321 g/mol. The Bertz CT molecular complexity index is 667. The van der Waals surface area contributed by atoms with Gasteiger partial charge in [0.1, 0.15) is 0 Å². The maximum atomic E-state index is 12.2. The van der Waals surface area contributed by atoms with Crippen LogP contribution in [-0.2, 0) is 0 Å². The van der Waals surface area contributed by atoms with Crippen LogP contribution in [0, 0.1) is 0 Å². The lowest BCUT2D eigenvalue weighted by Crippen LogP contribution is -2.44. The predicted octanol–water partition coefficient (Wildman–Crippen LogP) is 1.87. The molecule has 1 saturated heterocycles. The lowest BCUT2D eigenvalue weighted by Gasteiger charge is -2.30. The number of fused-ring (bicyclic) bond motifs is 1. The van der Waals surface area contributed by atoms with Gasteiger partial charge in [-0.2, -0.15) is 0 Å². The molecular weight excluding hydrogens is 306 g/mol. The molecule has 0 bridgehead atoms. The maximum absolute atomic E-state index is 12.2. The minimum absolute atomic E-state index is 0.0242. The Kier molecular flexibility index (Phi) is 3.43. The summed E-state index contributed by atoms with van der Waals surface area (Å²) in [5.41, 5.74) is 0.940. The molecule has 3 rings (SSSR count). The van der Waals surface area contributed by atoms with Crippen LogP contribution in [0.4, 0.5) is 0 Å². The lowest BCUT2D eigenvalue weighted by atomic mass is 10.1. The van der Waals surface area contributed by atoms with Gasteiger partial charge in [0.25, 0.3) is 5.56 Å². The van der Waals surface area contributed by atoms with Crippen molar-refractivity contribution in [2.24, 2.45) is 0 Å². The van der Waals surface area contributed by atoms with E-state index >= 15 is 0 Å². The van der Waals surface area contributed by atoms with Crippen LogP contribution < -0.4 is 10.9 Å². The Morgan fingerprint density at radius 2 is 2.21 bits per heavy atom. The van der Waals surface area contributed by atoms with Crippen molar-refractivity contribution >= 4 is 26.7 Å². The van der Waals surface area contributed by atoms with E-state index in [1.807, 2.05) is 18.2 Å². The molecule has 2 aromatic rings. The van der Waals surface area contributed by atoms with Gasteiger partial charge in [-0.05, 0) is 30.6 Å². The van der Waals surface area contributed by atoms with E-state index in [9.17, 15) is 4.79 Å². The van der Waals surface area contributed by atoms with Crippen LogP contribution >= 0.6 is 15.9 Å². The first-order chi connectivity index (χ1) is 9.13. The van der Waals surface area contributed by atoms with Crippen molar-refractivity contribution in [1.29, 1.82) is 0 Å². The minimum Gasteiger partial charge on any atom is -0.324 e. The normalized spacial score (nSPS) is 20.8. The van der Waals surface area contributed by atoms with Crippen LogP contribution in [0.15, 0.2) is 33.5 Å². The summed E-state index contributed by atoms with van der Waals surface area (Å²) in [7, 11) is 2.10. The number of hydrogen-bond acceptors (Lipinski definition) is 3. The van der Waals surface area contributed by atoms with Crippen LogP contribution in [0.5, 0.6) is 0 Å². The third-order valence-electron chi connectivity index (χ3n) is 3.58. The summed E-state index contributed by atoms with van der Waals surface area (Å²) in [4.78, 5) is 17.4. The molecule has 0 radical (unpaired) electrons. The van der Waals surface area contributed by atoms with Crippen molar-refractivity contribution in [3.05, 3.63) is 44.8 Å². The molecule has 0 amide bonds. The van der Waals surface area contributed by atoms with Crippen LogP contribution in [0.2, 0.25) is 0 Å². The molecule has 100 valence electrons. The Balaban J connectivity index is 2.06. The molecule has 1 aliphatic heterocycles. The van der Waals surface area contributed by atoms with Crippen LogP contribution in [-0.4, -0.2) is 36.6 Å². The SMILES string of the molecule is CN1CCNC(c2cc3ccc(Br)cc3c(=O)[nH]2)C1. The Hall–Kier alpha value is -1.17. The van der Waals surface area contributed by atoms with Crippen molar-refractivity contribution in [2.75, 3.05) is 26.7 Å². The molecule has 1 atom stereocenters. The fourth-order valence-corrected chi connectivity index (χ4v) is 2.91. The second-order valence-electron chi connectivity index (χ2n) is 5.05. The van der Waals surface area contributed by atoms with E-state index in [1.165, 1.54) is 0 Å². The number of pyridine rings is 1. The first-order valence-electron chi connectivity index (χ1n) is 6.38.